The number of esters is 1. The van der Waals surface area contributed by atoms with Gasteiger partial charge in [-0.05, 0) is 19.3 Å². The van der Waals surface area contributed by atoms with Crippen molar-refractivity contribution in [3.05, 3.63) is 0 Å². The third kappa shape index (κ3) is 3.49. The van der Waals surface area contributed by atoms with Gasteiger partial charge in [0.1, 0.15) is 0 Å². The van der Waals surface area contributed by atoms with Crippen LogP contribution in [-0.4, -0.2) is 19.1 Å². The van der Waals surface area contributed by atoms with Gasteiger partial charge in [-0.15, -0.1) is 0 Å². The summed E-state index contributed by atoms with van der Waals surface area (Å²) in [5, 5.41) is 0. The lowest BCUT2D eigenvalue weighted by Crippen LogP contribution is -2.44. The topological polar surface area (TPSA) is 52.3 Å². The van der Waals surface area contributed by atoms with Crippen LogP contribution in [0.3, 0.4) is 0 Å². The van der Waals surface area contributed by atoms with Crippen LogP contribution in [0.25, 0.3) is 0 Å². The SMILES string of the molecule is CCCCC(CN)(C(=O)OCC)C(C)C. The number of hydrogen-bond donors (Lipinski definition) is 1. The van der Waals surface area contributed by atoms with E-state index in [1.54, 1.807) is 0 Å². The molecule has 0 aliphatic carbocycles. The summed E-state index contributed by atoms with van der Waals surface area (Å²) in [7, 11) is 0. The van der Waals surface area contributed by atoms with Gasteiger partial charge in [-0.1, -0.05) is 33.6 Å². The molecular formula is C12H25NO2. The van der Waals surface area contributed by atoms with Crippen molar-refractivity contribution >= 4 is 5.97 Å². The standard InChI is InChI=1S/C12H25NO2/c1-5-7-8-12(9-13,10(3)4)11(14)15-6-2/h10H,5-9,13H2,1-4H3. The smallest absolute Gasteiger partial charge is 0.313 e. The zero-order valence-electron chi connectivity index (χ0n) is 10.5. The molecule has 3 heteroatoms. The van der Waals surface area contributed by atoms with Crippen molar-refractivity contribution in [2.45, 2.75) is 47.0 Å². The van der Waals surface area contributed by atoms with Crippen LogP contribution in [0.1, 0.15) is 47.0 Å². The second-order valence-corrected chi connectivity index (χ2v) is 4.34. The van der Waals surface area contributed by atoms with Crippen molar-refractivity contribution in [1.82, 2.24) is 0 Å². The van der Waals surface area contributed by atoms with Crippen molar-refractivity contribution in [2.75, 3.05) is 13.2 Å². The minimum Gasteiger partial charge on any atom is -0.466 e. The number of nitrogens with two attached hydrogens (primary N) is 1. The van der Waals surface area contributed by atoms with Crippen LogP contribution in [0.4, 0.5) is 0 Å². The molecule has 0 aromatic rings. The second kappa shape index (κ2) is 6.83. The molecular weight excluding hydrogens is 190 g/mol. The second-order valence-electron chi connectivity index (χ2n) is 4.34. The first-order valence-corrected chi connectivity index (χ1v) is 5.92. The van der Waals surface area contributed by atoms with Gasteiger partial charge in [-0.3, -0.25) is 4.79 Å². The molecule has 15 heavy (non-hydrogen) atoms. The van der Waals surface area contributed by atoms with Crippen LogP contribution in [0.2, 0.25) is 0 Å². The Hall–Kier alpha value is -0.570. The van der Waals surface area contributed by atoms with Gasteiger partial charge in [0.2, 0.25) is 0 Å². The Morgan fingerprint density at radius 2 is 2.00 bits per heavy atom. The summed E-state index contributed by atoms with van der Waals surface area (Å²) in [4.78, 5) is 11.9. The number of rotatable bonds is 7. The predicted octanol–water partition coefficient (Wildman–Crippen LogP) is 2.34. The van der Waals surface area contributed by atoms with E-state index in [9.17, 15) is 4.79 Å². The highest BCUT2D eigenvalue weighted by Crippen LogP contribution is 2.33. The summed E-state index contributed by atoms with van der Waals surface area (Å²) >= 11 is 0. The van der Waals surface area contributed by atoms with Gasteiger partial charge in [-0.25, -0.2) is 0 Å². The summed E-state index contributed by atoms with van der Waals surface area (Å²) in [5.74, 6) is 0.101. The van der Waals surface area contributed by atoms with Crippen LogP contribution >= 0.6 is 0 Å². The number of unbranched alkanes of at least 4 members (excludes halogenated alkanes) is 1. The Bertz CT molecular complexity index is 192. The van der Waals surface area contributed by atoms with Crippen LogP contribution in [0.5, 0.6) is 0 Å². The summed E-state index contributed by atoms with van der Waals surface area (Å²) in [6.45, 7) is 8.84. The number of hydrogen-bond acceptors (Lipinski definition) is 3. The maximum Gasteiger partial charge on any atom is 0.313 e. The number of carbonyl (C=O) groups is 1. The fourth-order valence-electron chi connectivity index (χ4n) is 1.81. The minimum atomic E-state index is -0.480. The van der Waals surface area contributed by atoms with Crippen LogP contribution < -0.4 is 5.73 Å². The van der Waals surface area contributed by atoms with Crippen molar-refractivity contribution in [3.63, 3.8) is 0 Å². The highest BCUT2D eigenvalue weighted by atomic mass is 16.5. The van der Waals surface area contributed by atoms with E-state index in [1.807, 2.05) is 20.8 Å². The Labute approximate surface area is 93.4 Å². The first-order valence-electron chi connectivity index (χ1n) is 5.92. The van der Waals surface area contributed by atoms with Gasteiger partial charge in [-0.2, -0.15) is 0 Å². The van der Waals surface area contributed by atoms with E-state index in [0.29, 0.717) is 13.2 Å². The lowest BCUT2D eigenvalue weighted by Gasteiger charge is -2.33. The molecule has 1 unspecified atom stereocenters. The first kappa shape index (κ1) is 14.4. The Balaban J connectivity index is 4.71. The van der Waals surface area contributed by atoms with Crippen LogP contribution in [0, 0.1) is 11.3 Å². The van der Waals surface area contributed by atoms with E-state index in [1.165, 1.54) is 0 Å². The van der Waals surface area contributed by atoms with Crippen molar-refractivity contribution in [2.24, 2.45) is 17.1 Å². The van der Waals surface area contributed by atoms with Gasteiger partial charge in [0, 0.05) is 6.54 Å². The van der Waals surface area contributed by atoms with E-state index >= 15 is 0 Å². The molecule has 0 aliphatic rings. The minimum absolute atomic E-state index is 0.129. The van der Waals surface area contributed by atoms with Crippen LogP contribution in [0.15, 0.2) is 0 Å². The molecule has 0 bridgehead atoms. The van der Waals surface area contributed by atoms with Crippen molar-refractivity contribution in [3.8, 4) is 0 Å². The Kier molecular flexibility index (Phi) is 6.57. The van der Waals surface area contributed by atoms with Gasteiger partial charge in [0.25, 0.3) is 0 Å². The quantitative estimate of drug-likeness (QED) is 0.663. The van der Waals surface area contributed by atoms with E-state index in [4.69, 9.17) is 10.5 Å². The number of carbonyl (C=O) groups excluding carboxylic acids is 1. The molecule has 0 rings (SSSR count). The summed E-state index contributed by atoms with van der Waals surface area (Å²) < 4.78 is 5.14. The lowest BCUT2D eigenvalue weighted by atomic mass is 9.73. The predicted molar refractivity (Wildman–Crippen MR) is 62.5 cm³/mol. The van der Waals surface area contributed by atoms with E-state index in [2.05, 4.69) is 6.92 Å². The molecule has 0 aromatic heterocycles. The Morgan fingerprint density at radius 3 is 2.33 bits per heavy atom. The van der Waals surface area contributed by atoms with Gasteiger partial charge in [0.15, 0.2) is 0 Å². The maximum absolute atomic E-state index is 11.9. The average Bonchev–Trinajstić information content (AvgIpc) is 2.19. The maximum atomic E-state index is 11.9. The van der Waals surface area contributed by atoms with Gasteiger partial charge < -0.3 is 10.5 Å². The lowest BCUT2D eigenvalue weighted by molar-refractivity contribution is -0.158. The monoisotopic (exact) mass is 215 g/mol. The highest BCUT2D eigenvalue weighted by Gasteiger charge is 2.40. The summed E-state index contributed by atoms with van der Waals surface area (Å²) in [5.41, 5.74) is 5.30. The fraction of sp³-hybridized carbons (Fsp3) is 0.917. The highest BCUT2D eigenvalue weighted by molar-refractivity contribution is 5.77. The van der Waals surface area contributed by atoms with Crippen LogP contribution in [-0.2, 0) is 9.53 Å². The Morgan fingerprint density at radius 1 is 1.40 bits per heavy atom. The largest absolute Gasteiger partial charge is 0.466 e. The molecule has 0 aliphatic heterocycles. The molecule has 0 heterocycles. The zero-order valence-corrected chi connectivity index (χ0v) is 10.5. The fourth-order valence-corrected chi connectivity index (χ4v) is 1.81. The van der Waals surface area contributed by atoms with E-state index in [-0.39, 0.29) is 11.9 Å². The normalized spacial score (nSPS) is 15.1. The summed E-state index contributed by atoms with van der Waals surface area (Å²) in [6, 6.07) is 0. The third-order valence-electron chi connectivity index (χ3n) is 3.13. The van der Waals surface area contributed by atoms with E-state index < -0.39 is 5.41 Å². The molecule has 0 amide bonds. The molecule has 0 aromatic carbocycles. The average molecular weight is 215 g/mol. The van der Waals surface area contributed by atoms with E-state index in [0.717, 1.165) is 19.3 Å². The number of ether oxygens (including phenoxy) is 1. The molecule has 1 atom stereocenters. The third-order valence-corrected chi connectivity index (χ3v) is 3.13. The molecule has 0 saturated heterocycles. The molecule has 0 radical (unpaired) electrons. The summed E-state index contributed by atoms with van der Waals surface area (Å²) in [6.07, 6.45) is 2.93. The first-order chi connectivity index (χ1) is 7.05. The zero-order chi connectivity index (χ0) is 11.9. The van der Waals surface area contributed by atoms with Gasteiger partial charge in [0.05, 0.1) is 12.0 Å². The molecule has 3 nitrogen and oxygen atoms in total. The molecule has 0 spiro atoms. The molecule has 90 valence electrons. The van der Waals surface area contributed by atoms with Crippen molar-refractivity contribution < 1.29 is 9.53 Å². The molecule has 0 fully saturated rings. The van der Waals surface area contributed by atoms with Crippen molar-refractivity contribution in [1.29, 1.82) is 0 Å². The molecule has 2 N–H and O–H groups in total. The van der Waals surface area contributed by atoms with Gasteiger partial charge >= 0.3 is 5.97 Å². The molecule has 0 saturated carbocycles.